The molecule has 1 fully saturated rings. The molecule has 3 aromatic heterocycles. The van der Waals surface area contributed by atoms with E-state index >= 15 is 0 Å². The highest BCUT2D eigenvalue weighted by Gasteiger charge is 2.27. The molecule has 1 N–H and O–H groups in total. The Bertz CT molecular complexity index is 832. The highest BCUT2D eigenvalue weighted by atomic mass is 16.5. The van der Waals surface area contributed by atoms with Gasteiger partial charge in [0.2, 0.25) is 0 Å². The van der Waals surface area contributed by atoms with Crippen molar-refractivity contribution in [3.63, 3.8) is 0 Å². The fourth-order valence-electron chi connectivity index (χ4n) is 4.09. The smallest absolute Gasteiger partial charge is 0.141 e. The van der Waals surface area contributed by atoms with Crippen LogP contribution in [0.25, 0.3) is 16.6 Å². The van der Waals surface area contributed by atoms with E-state index in [1.165, 1.54) is 25.7 Å². The topological polar surface area (TPSA) is 71.3 Å². The van der Waals surface area contributed by atoms with Gasteiger partial charge < -0.3 is 14.6 Å². The van der Waals surface area contributed by atoms with Gasteiger partial charge in [0.25, 0.3) is 0 Å². The first-order chi connectivity index (χ1) is 12.3. The summed E-state index contributed by atoms with van der Waals surface area (Å²) in [7, 11) is 3.95. The predicted molar refractivity (Wildman–Crippen MR) is 96.7 cm³/mol. The second-order valence-corrected chi connectivity index (χ2v) is 7.23. The molecule has 0 spiro atoms. The monoisotopic (exact) mass is 342 g/mol. The Kier molecular flexibility index (Phi) is 4.67. The fourth-order valence-corrected chi connectivity index (χ4v) is 4.09. The second-order valence-electron chi connectivity index (χ2n) is 7.23. The molecular formula is C18H26N6O. The molecule has 7 nitrogen and oxygen atoms in total. The first kappa shape index (κ1) is 16.5. The molecule has 0 radical (unpaired) electrons. The summed E-state index contributed by atoms with van der Waals surface area (Å²) in [6, 6.07) is 2.07. The quantitative estimate of drug-likeness (QED) is 0.745. The molecule has 0 aromatic carbocycles. The molecule has 0 amide bonds. The van der Waals surface area contributed by atoms with Crippen molar-refractivity contribution in [2.45, 2.75) is 31.6 Å². The zero-order valence-corrected chi connectivity index (χ0v) is 15.0. The first-order valence-electron chi connectivity index (χ1n) is 9.10. The van der Waals surface area contributed by atoms with E-state index in [0.29, 0.717) is 5.92 Å². The lowest BCUT2D eigenvalue weighted by Gasteiger charge is -2.30. The van der Waals surface area contributed by atoms with Crippen molar-refractivity contribution in [3.8, 4) is 0 Å². The number of nitrogens with one attached hydrogen (secondary N) is 1. The summed E-state index contributed by atoms with van der Waals surface area (Å²) >= 11 is 0. The highest BCUT2D eigenvalue weighted by Crippen LogP contribution is 2.37. The molecule has 0 atom stereocenters. The maximum Gasteiger partial charge on any atom is 0.141 e. The van der Waals surface area contributed by atoms with Crippen LogP contribution in [0.5, 0.6) is 0 Å². The Hall–Kier alpha value is -1.99. The summed E-state index contributed by atoms with van der Waals surface area (Å²) in [5.41, 5.74) is 3.16. The van der Waals surface area contributed by atoms with E-state index in [4.69, 9.17) is 4.74 Å². The van der Waals surface area contributed by atoms with Crippen LogP contribution in [0.1, 0.15) is 37.3 Å². The van der Waals surface area contributed by atoms with E-state index in [0.717, 1.165) is 47.9 Å². The minimum atomic E-state index is 0.499. The molecule has 7 heteroatoms. The second kappa shape index (κ2) is 7.09. The lowest BCUT2D eigenvalue weighted by atomic mass is 9.80. The van der Waals surface area contributed by atoms with Gasteiger partial charge in [0, 0.05) is 37.7 Å². The molecule has 4 rings (SSSR count). The van der Waals surface area contributed by atoms with Crippen LogP contribution in [0, 0.1) is 5.92 Å². The van der Waals surface area contributed by atoms with E-state index in [9.17, 15) is 0 Å². The maximum atomic E-state index is 5.17. The van der Waals surface area contributed by atoms with Gasteiger partial charge in [-0.25, -0.2) is 9.50 Å². The van der Waals surface area contributed by atoms with E-state index in [2.05, 4.69) is 38.3 Å². The van der Waals surface area contributed by atoms with Crippen LogP contribution in [0.4, 0.5) is 0 Å². The summed E-state index contributed by atoms with van der Waals surface area (Å²) in [4.78, 5) is 9.95. The number of hydrogen-bond acceptors (Lipinski definition) is 5. The number of rotatable bonds is 6. The molecule has 0 bridgehead atoms. The summed E-state index contributed by atoms with van der Waals surface area (Å²) < 4.78 is 6.99. The summed E-state index contributed by atoms with van der Waals surface area (Å²) in [5.74, 6) is 1.27. The van der Waals surface area contributed by atoms with Crippen LogP contribution in [0.2, 0.25) is 0 Å². The number of likely N-dealkylation sites (N-methyl/N-ethyl adjacent to an activating group) is 1. The van der Waals surface area contributed by atoms with Crippen LogP contribution < -0.4 is 0 Å². The zero-order valence-electron chi connectivity index (χ0n) is 15.0. The van der Waals surface area contributed by atoms with E-state index in [1.54, 1.807) is 13.4 Å². The third-order valence-corrected chi connectivity index (χ3v) is 5.48. The minimum Gasteiger partial charge on any atom is -0.383 e. The van der Waals surface area contributed by atoms with E-state index in [-0.39, 0.29) is 0 Å². The predicted octanol–water partition coefficient (Wildman–Crippen LogP) is 2.46. The van der Waals surface area contributed by atoms with Gasteiger partial charge in [-0.15, -0.1) is 5.10 Å². The average Bonchev–Trinajstić information content (AvgIpc) is 3.26. The van der Waals surface area contributed by atoms with Crippen molar-refractivity contribution in [1.29, 1.82) is 0 Å². The number of aromatic nitrogens is 5. The molecule has 3 heterocycles. The van der Waals surface area contributed by atoms with Gasteiger partial charge in [-0.3, -0.25) is 0 Å². The molecule has 1 saturated carbocycles. The van der Waals surface area contributed by atoms with Gasteiger partial charge >= 0.3 is 0 Å². The molecule has 0 unspecified atom stereocenters. The van der Waals surface area contributed by atoms with E-state index < -0.39 is 0 Å². The highest BCUT2D eigenvalue weighted by molar-refractivity contribution is 5.92. The fraction of sp³-hybridized carbons (Fsp3) is 0.611. The van der Waals surface area contributed by atoms with Gasteiger partial charge in [-0.1, -0.05) is 5.21 Å². The third kappa shape index (κ3) is 3.26. The molecule has 0 aliphatic heterocycles. The maximum absolute atomic E-state index is 5.17. The molecule has 1 aliphatic carbocycles. The Morgan fingerprint density at radius 1 is 1.32 bits per heavy atom. The Morgan fingerprint density at radius 2 is 2.16 bits per heavy atom. The van der Waals surface area contributed by atoms with Crippen molar-refractivity contribution in [1.82, 2.24) is 29.7 Å². The van der Waals surface area contributed by atoms with Crippen molar-refractivity contribution < 1.29 is 4.74 Å². The molecule has 0 saturated heterocycles. The largest absolute Gasteiger partial charge is 0.383 e. The Labute approximate surface area is 147 Å². The summed E-state index contributed by atoms with van der Waals surface area (Å²) in [6.45, 7) is 2.97. The van der Waals surface area contributed by atoms with Crippen molar-refractivity contribution in [3.05, 3.63) is 24.3 Å². The average molecular weight is 342 g/mol. The van der Waals surface area contributed by atoms with Gasteiger partial charge in [-0.05, 0) is 44.7 Å². The zero-order chi connectivity index (χ0) is 17.2. The number of fused-ring (bicyclic) bond motifs is 3. The van der Waals surface area contributed by atoms with Crippen molar-refractivity contribution in [2.24, 2.45) is 5.92 Å². The lowest BCUT2D eigenvalue weighted by molar-refractivity contribution is 0.144. The van der Waals surface area contributed by atoms with Crippen LogP contribution >= 0.6 is 0 Å². The third-order valence-electron chi connectivity index (χ3n) is 5.48. The molecule has 1 aliphatic rings. The summed E-state index contributed by atoms with van der Waals surface area (Å²) in [6.07, 6.45) is 8.56. The van der Waals surface area contributed by atoms with Gasteiger partial charge in [0.15, 0.2) is 0 Å². The van der Waals surface area contributed by atoms with Crippen LogP contribution in [0.15, 0.2) is 18.6 Å². The minimum absolute atomic E-state index is 0.499. The standard InChI is InChI=1S/C18H26N6O/c1-23(9-10-25-2)11-13-3-5-14(6-4-13)16-17-15-7-8-19-18(15)20-12-24(17)22-21-16/h7-8,12-14,19H,3-6,9-11H2,1-2H3. The number of methoxy groups -OCH3 is 1. The summed E-state index contributed by atoms with van der Waals surface area (Å²) in [5, 5.41) is 9.91. The van der Waals surface area contributed by atoms with Crippen molar-refractivity contribution in [2.75, 3.05) is 33.9 Å². The van der Waals surface area contributed by atoms with Crippen LogP contribution in [-0.4, -0.2) is 63.5 Å². The Balaban J connectivity index is 1.46. The van der Waals surface area contributed by atoms with E-state index in [1.807, 2.05) is 10.7 Å². The van der Waals surface area contributed by atoms with Crippen molar-refractivity contribution >= 4 is 16.6 Å². The first-order valence-corrected chi connectivity index (χ1v) is 9.10. The molecule has 134 valence electrons. The van der Waals surface area contributed by atoms with Gasteiger partial charge in [-0.2, -0.15) is 0 Å². The number of nitrogens with zero attached hydrogens (tertiary/aromatic N) is 5. The number of ether oxygens (including phenoxy) is 1. The number of hydrogen-bond donors (Lipinski definition) is 1. The SMILES string of the molecule is COCCN(C)CC1CCC(c2nnn3cnc4[nH]ccc4c23)CC1. The van der Waals surface area contributed by atoms with Gasteiger partial charge in [0.1, 0.15) is 17.5 Å². The van der Waals surface area contributed by atoms with Crippen LogP contribution in [-0.2, 0) is 4.74 Å². The van der Waals surface area contributed by atoms with Crippen LogP contribution in [0.3, 0.4) is 0 Å². The molecular weight excluding hydrogens is 316 g/mol. The molecule has 25 heavy (non-hydrogen) atoms. The van der Waals surface area contributed by atoms with Gasteiger partial charge in [0.05, 0.1) is 12.3 Å². The Morgan fingerprint density at radius 3 is 2.96 bits per heavy atom. The number of aromatic amines is 1. The number of H-pyrrole nitrogens is 1. The lowest BCUT2D eigenvalue weighted by Crippen LogP contribution is -2.30. The molecule has 3 aromatic rings. The normalized spacial score (nSPS) is 21.6.